The highest BCUT2D eigenvalue weighted by atomic mass is 79.9. The highest BCUT2D eigenvalue weighted by molar-refractivity contribution is 9.12. The number of hydrogen-bond donors (Lipinski definition) is 1. The molecule has 0 saturated heterocycles. The Morgan fingerprint density at radius 3 is 3.08 bits per heavy atom. The quantitative estimate of drug-likeness (QED) is 0.766. The lowest BCUT2D eigenvalue weighted by Gasteiger charge is -1.88. The summed E-state index contributed by atoms with van der Waals surface area (Å²) in [6, 6.07) is 0. The number of aliphatic carboxylic acids is 1. The molecule has 0 spiro atoms. The first-order valence-corrected chi connectivity index (χ1v) is 5.02. The topological polar surface area (TPSA) is 49.7 Å². The molecule has 2 aliphatic rings. The summed E-state index contributed by atoms with van der Waals surface area (Å²) in [5.74, 6) is -0.109. The summed E-state index contributed by atoms with van der Waals surface area (Å²) in [4.78, 5) is 15.4. The zero-order valence-corrected chi connectivity index (χ0v) is 8.28. The van der Waals surface area contributed by atoms with E-state index in [0.29, 0.717) is 0 Å². The van der Waals surface area contributed by atoms with Gasteiger partial charge in [0.2, 0.25) is 0 Å². The van der Waals surface area contributed by atoms with Crippen LogP contribution in [0, 0.1) is 0 Å². The van der Waals surface area contributed by atoms with E-state index in [0.717, 1.165) is 20.8 Å². The van der Waals surface area contributed by atoms with E-state index in [-0.39, 0.29) is 5.71 Å². The Bertz CT molecular complexity index is 356. The Labute approximate surface area is 81.4 Å². The molecule has 0 aromatic heterocycles. The Kier molecular flexibility index (Phi) is 1.84. The van der Waals surface area contributed by atoms with Crippen molar-refractivity contribution in [2.45, 2.75) is 0 Å². The zero-order valence-electron chi connectivity index (χ0n) is 5.87. The molecule has 0 aromatic carbocycles. The number of nitrogens with zero attached hydrogens (tertiary/aromatic N) is 1. The summed E-state index contributed by atoms with van der Waals surface area (Å²) < 4.78 is 0.981. The van der Waals surface area contributed by atoms with Gasteiger partial charge in [-0.15, -0.1) is 11.8 Å². The lowest BCUT2D eigenvalue weighted by Crippen LogP contribution is -2.07. The molecule has 0 amide bonds. The number of carbonyl (C=O) groups is 1. The normalized spacial score (nSPS) is 20.8. The van der Waals surface area contributed by atoms with Crippen LogP contribution in [0.2, 0.25) is 0 Å². The van der Waals surface area contributed by atoms with E-state index in [2.05, 4.69) is 20.9 Å². The van der Waals surface area contributed by atoms with Gasteiger partial charge in [0.15, 0.2) is 0 Å². The van der Waals surface area contributed by atoms with Crippen LogP contribution in [-0.2, 0) is 4.79 Å². The van der Waals surface area contributed by atoms with Gasteiger partial charge in [0.1, 0.15) is 5.71 Å². The lowest BCUT2D eigenvalue weighted by atomic mass is 10.3. The third-order valence-corrected chi connectivity index (χ3v) is 3.65. The Hall–Kier alpha value is -0.550. The van der Waals surface area contributed by atoms with Gasteiger partial charge in [-0.25, -0.2) is 9.79 Å². The molecule has 0 unspecified atom stereocenters. The molecular formula is C7H4BrNO2S. The van der Waals surface area contributed by atoms with Crippen LogP contribution in [0.1, 0.15) is 0 Å². The molecule has 1 N–H and O–H groups in total. The third kappa shape index (κ3) is 1.13. The van der Waals surface area contributed by atoms with Gasteiger partial charge in [0.05, 0.1) is 5.70 Å². The van der Waals surface area contributed by atoms with Crippen molar-refractivity contribution in [3.63, 3.8) is 0 Å². The van der Waals surface area contributed by atoms with Crippen LogP contribution in [-0.4, -0.2) is 22.5 Å². The Balaban J connectivity index is 2.44. The van der Waals surface area contributed by atoms with Crippen LogP contribution in [0.25, 0.3) is 0 Å². The zero-order chi connectivity index (χ0) is 8.72. The second kappa shape index (κ2) is 2.74. The first-order valence-electron chi connectivity index (χ1n) is 3.24. The summed E-state index contributed by atoms with van der Waals surface area (Å²) >= 11 is 4.94. The van der Waals surface area contributed by atoms with Crippen molar-refractivity contribution in [3.05, 3.63) is 21.2 Å². The average molecular weight is 246 g/mol. The van der Waals surface area contributed by atoms with Crippen molar-refractivity contribution in [1.82, 2.24) is 0 Å². The first-order chi connectivity index (χ1) is 5.68. The molecular weight excluding hydrogens is 242 g/mol. The second-order valence-electron chi connectivity index (χ2n) is 2.35. The standard InChI is InChI=1S/C7H4BrNO2S/c8-3-2-12-5-1-4(7(10)11)9-6(3)5/h1H,2H2,(H,10,11). The van der Waals surface area contributed by atoms with Gasteiger partial charge in [-0.05, 0) is 6.08 Å². The maximum atomic E-state index is 10.5. The number of halogens is 1. The fourth-order valence-electron chi connectivity index (χ4n) is 1.02. The Morgan fingerprint density at radius 2 is 2.50 bits per heavy atom. The maximum absolute atomic E-state index is 10.5. The number of fused-ring (bicyclic) bond motifs is 1. The van der Waals surface area contributed by atoms with Crippen molar-refractivity contribution >= 4 is 39.4 Å². The summed E-state index contributed by atoms with van der Waals surface area (Å²) in [5, 5.41) is 8.63. The number of hydrogen-bond acceptors (Lipinski definition) is 3. The number of carboxylic acid groups (broad SMARTS) is 1. The van der Waals surface area contributed by atoms with Gasteiger partial charge in [-0.1, -0.05) is 15.9 Å². The summed E-state index contributed by atoms with van der Waals surface area (Å²) in [6.45, 7) is 0. The minimum Gasteiger partial charge on any atom is -0.477 e. The molecule has 2 rings (SSSR count). The van der Waals surface area contributed by atoms with E-state index in [4.69, 9.17) is 5.11 Å². The Morgan fingerprint density at radius 1 is 1.75 bits per heavy atom. The largest absolute Gasteiger partial charge is 0.477 e. The van der Waals surface area contributed by atoms with E-state index in [1.165, 1.54) is 0 Å². The van der Waals surface area contributed by atoms with Gasteiger partial charge in [-0.2, -0.15) is 0 Å². The predicted octanol–water partition coefficient (Wildman–Crippen LogP) is 1.76. The van der Waals surface area contributed by atoms with Crippen LogP contribution in [0.3, 0.4) is 0 Å². The maximum Gasteiger partial charge on any atom is 0.354 e. The van der Waals surface area contributed by atoms with Crippen molar-refractivity contribution in [2.24, 2.45) is 4.99 Å². The second-order valence-corrected chi connectivity index (χ2v) is 4.33. The molecule has 12 heavy (non-hydrogen) atoms. The molecule has 0 atom stereocenters. The smallest absolute Gasteiger partial charge is 0.354 e. The predicted molar refractivity (Wildman–Crippen MR) is 51.6 cm³/mol. The monoisotopic (exact) mass is 245 g/mol. The van der Waals surface area contributed by atoms with Gasteiger partial charge >= 0.3 is 5.97 Å². The van der Waals surface area contributed by atoms with Gasteiger partial charge in [0, 0.05) is 15.1 Å². The van der Waals surface area contributed by atoms with Crippen LogP contribution < -0.4 is 0 Å². The molecule has 2 aliphatic heterocycles. The van der Waals surface area contributed by atoms with Crippen LogP contribution >= 0.6 is 27.7 Å². The lowest BCUT2D eigenvalue weighted by molar-refractivity contribution is -0.129. The van der Waals surface area contributed by atoms with Gasteiger partial charge in [-0.3, -0.25) is 0 Å². The molecule has 62 valence electrons. The summed E-state index contributed by atoms with van der Waals surface area (Å²) in [6.07, 6.45) is 1.61. The molecule has 0 fully saturated rings. The van der Waals surface area contributed by atoms with Crippen molar-refractivity contribution in [1.29, 1.82) is 0 Å². The molecule has 0 saturated carbocycles. The number of rotatable bonds is 1. The summed E-state index contributed by atoms with van der Waals surface area (Å²) in [5.41, 5.74) is 0.918. The molecule has 0 bridgehead atoms. The molecule has 3 nitrogen and oxygen atoms in total. The number of thioether (sulfide) groups is 1. The molecule has 5 heteroatoms. The fourth-order valence-corrected chi connectivity index (χ4v) is 2.72. The van der Waals surface area contributed by atoms with Crippen LogP contribution in [0.4, 0.5) is 0 Å². The minimum atomic E-state index is -0.967. The van der Waals surface area contributed by atoms with E-state index in [1.54, 1.807) is 17.8 Å². The van der Waals surface area contributed by atoms with Crippen molar-refractivity contribution in [3.8, 4) is 0 Å². The van der Waals surface area contributed by atoms with E-state index >= 15 is 0 Å². The van der Waals surface area contributed by atoms with Crippen molar-refractivity contribution < 1.29 is 9.90 Å². The fraction of sp³-hybridized carbons (Fsp3) is 0.143. The number of aliphatic imine (C=N–C) groups is 1. The molecule has 0 radical (unpaired) electrons. The van der Waals surface area contributed by atoms with Crippen LogP contribution in [0.5, 0.6) is 0 Å². The van der Waals surface area contributed by atoms with Gasteiger partial charge < -0.3 is 5.11 Å². The third-order valence-electron chi connectivity index (χ3n) is 1.56. The summed E-state index contributed by atoms with van der Waals surface area (Å²) in [7, 11) is 0. The number of carboxylic acids is 1. The highest BCUT2D eigenvalue weighted by Gasteiger charge is 2.26. The highest BCUT2D eigenvalue weighted by Crippen LogP contribution is 2.42. The molecule has 2 heterocycles. The average Bonchev–Trinajstić information content (AvgIpc) is 2.53. The van der Waals surface area contributed by atoms with E-state index < -0.39 is 5.97 Å². The van der Waals surface area contributed by atoms with E-state index in [9.17, 15) is 4.79 Å². The van der Waals surface area contributed by atoms with Crippen LogP contribution in [0.15, 0.2) is 26.2 Å². The first kappa shape index (κ1) is 8.07. The molecule has 0 aliphatic carbocycles. The van der Waals surface area contributed by atoms with Gasteiger partial charge in [0.25, 0.3) is 0 Å². The minimum absolute atomic E-state index is 0.129. The molecule has 0 aromatic rings. The SMILES string of the molecule is O=C(O)C1=NC2=C(Br)CSC2=C1. The van der Waals surface area contributed by atoms with E-state index in [1.807, 2.05) is 0 Å². The van der Waals surface area contributed by atoms with Crippen molar-refractivity contribution in [2.75, 3.05) is 5.75 Å².